The van der Waals surface area contributed by atoms with Crippen LogP contribution >= 0.6 is 0 Å². The van der Waals surface area contributed by atoms with Crippen molar-refractivity contribution in [3.8, 4) is 0 Å². The Morgan fingerprint density at radius 2 is 1.92 bits per heavy atom. The molecule has 0 rings (SSSR count). The second-order valence-corrected chi connectivity index (χ2v) is 2.47. The van der Waals surface area contributed by atoms with Crippen molar-refractivity contribution in [3.05, 3.63) is 12.8 Å². The van der Waals surface area contributed by atoms with Crippen LogP contribution in [0.2, 0.25) is 0 Å². The summed E-state index contributed by atoms with van der Waals surface area (Å²) < 4.78 is 10.4. The Labute approximate surface area is 75.0 Å². The van der Waals surface area contributed by atoms with Gasteiger partial charge in [-0.15, -0.1) is 0 Å². The largest absolute Gasteiger partial charge is 0.379 e. The highest BCUT2D eigenvalue weighted by Gasteiger charge is 1.90. The van der Waals surface area contributed by atoms with E-state index in [1.165, 1.54) is 0 Å². The molecule has 3 heteroatoms. The normalized spacial score (nSPS) is 9.83. The lowest BCUT2D eigenvalue weighted by Crippen LogP contribution is -2.18. The molecule has 0 amide bonds. The minimum absolute atomic E-state index is 0.679. The molecule has 0 aromatic carbocycles. The molecular weight excluding hydrogens is 154 g/mol. The van der Waals surface area contributed by atoms with Gasteiger partial charge in [-0.1, -0.05) is 6.58 Å². The Balaban J connectivity index is 2.95. The molecule has 0 bridgehead atoms. The van der Waals surface area contributed by atoms with Gasteiger partial charge in [0.25, 0.3) is 0 Å². The first-order valence-electron chi connectivity index (χ1n) is 4.29. The average molecular weight is 173 g/mol. The van der Waals surface area contributed by atoms with Gasteiger partial charge >= 0.3 is 0 Å². The number of hydrogen-bond donors (Lipinski definition) is 0. The second-order valence-electron chi connectivity index (χ2n) is 2.47. The van der Waals surface area contributed by atoms with Crippen LogP contribution in [-0.4, -0.2) is 44.9 Å². The molecule has 0 fully saturated rings. The second kappa shape index (κ2) is 8.56. The van der Waals surface area contributed by atoms with Crippen molar-refractivity contribution >= 4 is 0 Å². The molecule has 0 heterocycles. The third-order valence-corrected chi connectivity index (χ3v) is 1.48. The molecule has 0 spiro atoms. The number of ether oxygens (including phenoxy) is 2. The van der Waals surface area contributed by atoms with Gasteiger partial charge in [0.1, 0.15) is 0 Å². The summed E-state index contributed by atoms with van der Waals surface area (Å²) in [6.07, 6.45) is 1.78. The molecule has 0 saturated carbocycles. The van der Waals surface area contributed by atoms with Crippen molar-refractivity contribution in [2.24, 2.45) is 0 Å². The number of rotatable bonds is 8. The maximum Gasteiger partial charge on any atom is 0.0701 e. The van der Waals surface area contributed by atoms with Crippen LogP contribution in [0.4, 0.5) is 0 Å². The van der Waals surface area contributed by atoms with Crippen molar-refractivity contribution in [2.75, 3.05) is 40.0 Å². The van der Waals surface area contributed by atoms with Crippen molar-refractivity contribution in [3.63, 3.8) is 0 Å². The van der Waals surface area contributed by atoms with Gasteiger partial charge < -0.3 is 14.4 Å². The highest BCUT2D eigenvalue weighted by atomic mass is 16.5. The SMILES string of the molecule is C=CN(C)CCOCCOCC. The fourth-order valence-corrected chi connectivity index (χ4v) is 0.664. The van der Waals surface area contributed by atoms with Crippen LogP contribution in [0.5, 0.6) is 0 Å². The Bertz CT molecular complexity index is 107. The molecule has 12 heavy (non-hydrogen) atoms. The maximum absolute atomic E-state index is 5.29. The standard InChI is InChI=1S/C9H19NO2/c1-4-10(3)6-7-12-9-8-11-5-2/h4H,1,5-9H2,2-3H3. The van der Waals surface area contributed by atoms with E-state index >= 15 is 0 Å². The molecule has 0 aliphatic rings. The molecular formula is C9H19NO2. The van der Waals surface area contributed by atoms with Crippen molar-refractivity contribution in [2.45, 2.75) is 6.92 Å². The molecule has 3 nitrogen and oxygen atoms in total. The molecule has 0 aliphatic carbocycles. The Hall–Kier alpha value is -0.540. The molecule has 72 valence electrons. The van der Waals surface area contributed by atoms with Crippen LogP contribution in [0, 0.1) is 0 Å². The Morgan fingerprint density at radius 3 is 2.50 bits per heavy atom. The van der Waals surface area contributed by atoms with Gasteiger partial charge in [0.2, 0.25) is 0 Å². The molecule has 0 atom stereocenters. The highest BCUT2D eigenvalue weighted by molar-refractivity contribution is 4.64. The van der Waals surface area contributed by atoms with E-state index in [2.05, 4.69) is 6.58 Å². The van der Waals surface area contributed by atoms with Gasteiger partial charge in [-0.3, -0.25) is 0 Å². The molecule has 0 N–H and O–H groups in total. The van der Waals surface area contributed by atoms with E-state index in [1.807, 2.05) is 18.9 Å². The van der Waals surface area contributed by atoms with Crippen LogP contribution in [0.25, 0.3) is 0 Å². The zero-order valence-electron chi connectivity index (χ0n) is 8.08. The summed E-state index contributed by atoms with van der Waals surface area (Å²) in [5.41, 5.74) is 0. The van der Waals surface area contributed by atoms with Gasteiger partial charge in [-0.25, -0.2) is 0 Å². The molecule has 0 aromatic rings. The van der Waals surface area contributed by atoms with Gasteiger partial charge in [0.15, 0.2) is 0 Å². The van der Waals surface area contributed by atoms with Crippen LogP contribution in [-0.2, 0) is 9.47 Å². The summed E-state index contributed by atoms with van der Waals surface area (Å²) in [6, 6.07) is 0. The predicted octanol–water partition coefficient (Wildman–Crippen LogP) is 1.11. The molecule has 0 unspecified atom stereocenters. The molecule has 0 radical (unpaired) electrons. The Morgan fingerprint density at radius 1 is 1.25 bits per heavy atom. The maximum atomic E-state index is 5.29. The predicted molar refractivity (Wildman–Crippen MR) is 50.1 cm³/mol. The zero-order chi connectivity index (χ0) is 9.23. The summed E-state index contributed by atoms with van der Waals surface area (Å²) in [4.78, 5) is 1.99. The summed E-state index contributed by atoms with van der Waals surface area (Å²) in [7, 11) is 1.97. The van der Waals surface area contributed by atoms with E-state index in [1.54, 1.807) is 6.20 Å². The fraction of sp³-hybridized carbons (Fsp3) is 0.778. The third-order valence-electron chi connectivity index (χ3n) is 1.48. The Kier molecular flexibility index (Phi) is 8.17. The fourth-order valence-electron chi connectivity index (χ4n) is 0.664. The first kappa shape index (κ1) is 11.5. The number of nitrogens with zero attached hydrogens (tertiary/aromatic N) is 1. The van der Waals surface area contributed by atoms with Crippen molar-refractivity contribution in [1.29, 1.82) is 0 Å². The first-order chi connectivity index (χ1) is 5.81. The summed E-state index contributed by atoms with van der Waals surface area (Å²) in [6.45, 7) is 9.36. The smallest absolute Gasteiger partial charge is 0.0701 e. The van der Waals surface area contributed by atoms with Crippen molar-refractivity contribution < 1.29 is 9.47 Å². The zero-order valence-corrected chi connectivity index (χ0v) is 8.08. The minimum atomic E-state index is 0.679. The van der Waals surface area contributed by atoms with Crippen molar-refractivity contribution in [1.82, 2.24) is 4.90 Å². The summed E-state index contributed by atoms with van der Waals surface area (Å²) in [5.74, 6) is 0. The van der Waals surface area contributed by atoms with Gasteiger partial charge in [-0.05, 0) is 13.1 Å². The van der Waals surface area contributed by atoms with E-state index in [0.717, 1.165) is 19.8 Å². The summed E-state index contributed by atoms with van der Waals surface area (Å²) >= 11 is 0. The minimum Gasteiger partial charge on any atom is -0.379 e. The van der Waals surface area contributed by atoms with Gasteiger partial charge in [0.05, 0.1) is 19.8 Å². The quantitative estimate of drug-likeness (QED) is 0.513. The highest BCUT2D eigenvalue weighted by Crippen LogP contribution is 1.83. The van der Waals surface area contributed by atoms with E-state index in [4.69, 9.17) is 9.47 Å². The topological polar surface area (TPSA) is 21.7 Å². The van der Waals surface area contributed by atoms with Gasteiger partial charge in [-0.2, -0.15) is 0 Å². The van der Waals surface area contributed by atoms with Crippen LogP contribution in [0.3, 0.4) is 0 Å². The average Bonchev–Trinajstić information content (AvgIpc) is 2.10. The molecule has 0 aromatic heterocycles. The van der Waals surface area contributed by atoms with Gasteiger partial charge in [0, 0.05) is 20.2 Å². The van der Waals surface area contributed by atoms with Crippen LogP contribution < -0.4 is 0 Å². The molecule has 0 aliphatic heterocycles. The van der Waals surface area contributed by atoms with E-state index in [0.29, 0.717) is 13.2 Å². The lowest BCUT2D eigenvalue weighted by molar-refractivity contribution is 0.0487. The lowest BCUT2D eigenvalue weighted by atomic mass is 10.6. The number of hydrogen-bond acceptors (Lipinski definition) is 3. The first-order valence-corrected chi connectivity index (χ1v) is 4.29. The lowest BCUT2D eigenvalue weighted by Gasteiger charge is -2.12. The van der Waals surface area contributed by atoms with E-state index < -0.39 is 0 Å². The van der Waals surface area contributed by atoms with E-state index in [9.17, 15) is 0 Å². The van der Waals surface area contributed by atoms with Crippen LogP contribution in [0.1, 0.15) is 6.92 Å². The number of likely N-dealkylation sites (N-methyl/N-ethyl adjacent to an activating group) is 1. The van der Waals surface area contributed by atoms with E-state index in [-0.39, 0.29) is 0 Å². The van der Waals surface area contributed by atoms with Crippen LogP contribution in [0.15, 0.2) is 12.8 Å². The third kappa shape index (κ3) is 7.57. The monoisotopic (exact) mass is 173 g/mol. The molecule has 0 saturated heterocycles. The summed E-state index contributed by atoms with van der Waals surface area (Å²) in [5, 5.41) is 0.